The molecule has 2 aromatic carbocycles. The molecule has 0 amide bonds. The van der Waals surface area contributed by atoms with Crippen molar-refractivity contribution in [2.45, 2.75) is 22.3 Å². The van der Waals surface area contributed by atoms with Gasteiger partial charge < -0.3 is 0 Å². The van der Waals surface area contributed by atoms with Gasteiger partial charge in [0.15, 0.2) is 5.43 Å². The Morgan fingerprint density at radius 3 is 1.48 bits per heavy atom. The van der Waals surface area contributed by atoms with Crippen molar-refractivity contribution in [1.29, 1.82) is 0 Å². The van der Waals surface area contributed by atoms with E-state index in [1.54, 1.807) is 34.9 Å². The topological polar surface area (TPSA) is 17.1 Å². The van der Waals surface area contributed by atoms with Gasteiger partial charge in [0.25, 0.3) is 0 Å². The Morgan fingerprint density at radius 1 is 0.720 bits per heavy atom. The molecule has 1 aromatic heterocycles. The van der Waals surface area contributed by atoms with Crippen molar-refractivity contribution in [1.82, 2.24) is 0 Å². The van der Waals surface area contributed by atoms with E-state index in [0.29, 0.717) is 0 Å². The van der Waals surface area contributed by atoms with Crippen molar-refractivity contribution in [3.8, 4) is 22.3 Å². The summed E-state index contributed by atoms with van der Waals surface area (Å²) in [4.78, 5) is 13.5. The summed E-state index contributed by atoms with van der Waals surface area (Å²) in [5, 5.41) is 0. The molecule has 3 rings (SSSR count). The molecular formula is C21H20OS3. The highest BCUT2D eigenvalue weighted by Crippen LogP contribution is 2.41. The van der Waals surface area contributed by atoms with Crippen molar-refractivity contribution >= 4 is 34.9 Å². The van der Waals surface area contributed by atoms with Gasteiger partial charge in [0.2, 0.25) is 0 Å². The number of benzene rings is 2. The van der Waals surface area contributed by atoms with Gasteiger partial charge in [-0.25, -0.2) is 0 Å². The van der Waals surface area contributed by atoms with Gasteiger partial charge in [-0.2, -0.15) is 0 Å². The maximum atomic E-state index is 13.5. The highest BCUT2D eigenvalue weighted by atomic mass is 32.2. The van der Waals surface area contributed by atoms with Gasteiger partial charge in [0, 0.05) is 0 Å². The smallest absolute Gasteiger partial charge is 0.198 e. The number of hydrogen-bond acceptors (Lipinski definition) is 4. The first kappa shape index (κ1) is 18.3. The second-order valence-electron chi connectivity index (χ2n) is 5.35. The lowest BCUT2D eigenvalue weighted by atomic mass is 10.0. The van der Waals surface area contributed by atoms with Gasteiger partial charge in [-0.1, -0.05) is 74.5 Å². The third kappa shape index (κ3) is 4.02. The molecule has 0 aliphatic heterocycles. The summed E-state index contributed by atoms with van der Waals surface area (Å²) in [5.74, 6) is 1.91. The third-order valence-corrected chi connectivity index (χ3v) is 7.22. The van der Waals surface area contributed by atoms with E-state index >= 15 is 0 Å². The normalized spacial score (nSPS) is 10.8. The molecule has 0 N–H and O–H groups in total. The van der Waals surface area contributed by atoms with E-state index < -0.39 is 0 Å². The third-order valence-electron chi connectivity index (χ3n) is 3.72. The van der Waals surface area contributed by atoms with Crippen LogP contribution < -0.4 is 5.43 Å². The van der Waals surface area contributed by atoms with Crippen LogP contribution in [-0.4, -0.2) is 11.5 Å². The van der Waals surface area contributed by atoms with Crippen LogP contribution >= 0.6 is 34.9 Å². The largest absolute Gasteiger partial charge is 0.288 e. The van der Waals surface area contributed by atoms with E-state index in [-0.39, 0.29) is 5.43 Å². The number of hydrogen-bond donors (Lipinski definition) is 0. The molecule has 0 atom stereocenters. The second kappa shape index (κ2) is 8.75. The first-order valence-corrected chi connectivity index (χ1v) is 11.1. The molecule has 0 saturated carbocycles. The Labute approximate surface area is 161 Å². The predicted molar refractivity (Wildman–Crippen MR) is 114 cm³/mol. The van der Waals surface area contributed by atoms with Gasteiger partial charge in [-0.05, 0) is 22.6 Å². The fourth-order valence-corrected chi connectivity index (χ4v) is 6.53. The summed E-state index contributed by atoms with van der Waals surface area (Å²) < 4.78 is 2.24. The first-order chi connectivity index (χ1) is 12.3. The molecule has 128 valence electrons. The lowest BCUT2D eigenvalue weighted by molar-refractivity contribution is 1.42. The molecule has 1 heterocycles. The van der Waals surface area contributed by atoms with Gasteiger partial charge in [0.1, 0.15) is 0 Å². The van der Waals surface area contributed by atoms with Crippen LogP contribution in [0, 0.1) is 0 Å². The van der Waals surface area contributed by atoms with Gasteiger partial charge in [-0.3, -0.25) is 4.79 Å². The number of rotatable bonds is 6. The maximum Gasteiger partial charge on any atom is 0.198 e. The van der Waals surface area contributed by atoms with Crippen LogP contribution in [0.3, 0.4) is 0 Å². The molecule has 0 fully saturated rings. The monoisotopic (exact) mass is 384 g/mol. The Kier molecular flexibility index (Phi) is 6.40. The molecule has 0 saturated heterocycles. The van der Waals surface area contributed by atoms with E-state index in [9.17, 15) is 4.79 Å². The van der Waals surface area contributed by atoms with E-state index in [2.05, 4.69) is 13.8 Å². The van der Waals surface area contributed by atoms with Crippen molar-refractivity contribution in [3.05, 3.63) is 70.9 Å². The minimum Gasteiger partial charge on any atom is -0.288 e. The van der Waals surface area contributed by atoms with Crippen LogP contribution in [0.4, 0.5) is 0 Å². The van der Waals surface area contributed by atoms with Gasteiger partial charge in [-0.15, -0.1) is 34.9 Å². The van der Waals surface area contributed by atoms with Crippen LogP contribution in [0.2, 0.25) is 0 Å². The van der Waals surface area contributed by atoms with E-state index in [0.717, 1.165) is 42.2 Å². The Bertz CT molecular complexity index is 816. The molecule has 0 spiro atoms. The van der Waals surface area contributed by atoms with Crippen molar-refractivity contribution < 1.29 is 0 Å². The summed E-state index contributed by atoms with van der Waals surface area (Å²) in [6, 6.07) is 20.1. The van der Waals surface area contributed by atoms with Crippen molar-refractivity contribution in [2.24, 2.45) is 0 Å². The lowest BCUT2D eigenvalue weighted by Crippen LogP contribution is -2.10. The van der Waals surface area contributed by atoms with Gasteiger partial charge in [0.05, 0.1) is 19.5 Å². The predicted octanol–water partition coefficient (Wildman–Crippen LogP) is 6.67. The Morgan fingerprint density at radius 2 is 1.12 bits per heavy atom. The fourth-order valence-electron chi connectivity index (χ4n) is 2.67. The minimum absolute atomic E-state index is 0.142. The number of thioether (sulfide) groups is 2. The zero-order chi connectivity index (χ0) is 17.6. The highest BCUT2D eigenvalue weighted by molar-refractivity contribution is 8.03. The lowest BCUT2D eigenvalue weighted by Gasteiger charge is -2.14. The molecule has 25 heavy (non-hydrogen) atoms. The molecule has 0 aliphatic carbocycles. The van der Waals surface area contributed by atoms with E-state index in [4.69, 9.17) is 0 Å². The SMILES string of the molecule is CCSc1sc(SCC)c(-c2ccccc2)c(=O)c1-c1ccccc1. The quantitative estimate of drug-likeness (QED) is 0.442. The average molecular weight is 385 g/mol. The fraction of sp³-hybridized carbons (Fsp3) is 0.190. The molecule has 4 heteroatoms. The molecule has 1 nitrogen and oxygen atoms in total. The molecule has 0 unspecified atom stereocenters. The van der Waals surface area contributed by atoms with Crippen molar-refractivity contribution in [2.75, 3.05) is 11.5 Å². The standard InChI is InChI=1S/C21H20OS3/c1-3-23-20-17(15-11-7-5-8-12-15)19(22)18(21(25-20)24-4-2)16-13-9-6-10-14-16/h5-14H,3-4H2,1-2H3. The van der Waals surface area contributed by atoms with Crippen LogP contribution in [-0.2, 0) is 0 Å². The van der Waals surface area contributed by atoms with Crippen LogP contribution in [0.1, 0.15) is 13.8 Å². The van der Waals surface area contributed by atoms with Gasteiger partial charge >= 0.3 is 0 Å². The average Bonchev–Trinajstić information content (AvgIpc) is 2.64. The van der Waals surface area contributed by atoms with E-state index in [1.807, 2.05) is 60.7 Å². The Hall–Kier alpha value is -1.49. The van der Waals surface area contributed by atoms with Crippen LogP contribution in [0.25, 0.3) is 22.3 Å². The zero-order valence-electron chi connectivity index (χ0n) is 14.3. The Balaban J connectivity index is 2.32. The molecule has 0 aliphatic rings. The zero-order valence-corrected chi connectivity index (χ0v) is 16.8. The van der Waals surface area contributed by atoms with Crippen molar-refractivity contribution in [3.63, 3.8) is 0 Å². The molecule has 0 radical (unpaired) electrons. The first-order valence-electron chi connectivity index (χ1n) is 8.33. The summed E-state index contributed by atoms with van der Waals surface area (Å²) in [5.41, 5.74) is 3.84. The van der Waals surface area contributed by atoms with Crippen LogP contribution in [0.5, 0.6) is 0 Å². The summed E-state index contributed by atoms with van der Waals surface area (Å²) >= 11 is 5.27. The summed E-state index contributed by atoms with van der Waals surface area (Å²) in [6.45, 7) is 4.27. The molecular weight excluding hydrogens is 364 g/mol. The summed E-state index contributed by atoms with van der Waals surface area (Å²) in [7, 11) is 0. The maximum absolute atomic E-state index is 13.5. The highest BCUT2D eigenvalue weighted by Gasteiger charge is 2.20. The minimum atomic E-state index is 0.142. The van der Waals surface area contributed by atoms with Crippen LogP contribution in [0.15, 0.2) is 73.9 Å². The molecule has 3 aromatic rings. The molecule has 0 bridgehead atoms. The summed E-state index contributed by atoms with van der Waals surface area (Å²) in [6.07, 6.45) is 0. The van der Waals surface area contributed by atoms with E-state index in [1.165, 1.54) is 0 Å². The second-order valence-corrected chi connectivity index (χ2v) is 9.44.